The number of nitrogens with one attached hydrogen (secondary N) is 1. The zero-order chi connectivity index (χ0) is 15.9. The topological polar surface area (TPSA) is 94.3 Å². The second-order valence-corrected chi connectivity index (χ2v) is 5.46. The molecule has 0 aliphatic rings. The highest BCUT2D eigenvalue weighted by Crippen LogP contribution is 2.32. The van der Waals surface area contributed by atoms with Gasteiger partial charge in [0.2, 0.25) is 5.82 Å². The normalized spacial score (nSPS) is 11.7. The zero-order valence-corrected chi connectivity index (χ0v) is 13.3. The summed E-state index contributed by atoms with van der Waals surface area (Å²) in [6.45, 7) is 4.08. The molecule has 0 fully saturated rings. The van der Waals surface area contributed by atoms with Crippen LogP contribution >= 0.6 is 11.6 Å². The van der Waals surface area contributed by atoms with Crippen LogP contribution in [-0.2, 0) is 7.05 Å². The van der Waals surface area contributed by atoms with Gasteiger partial charge in [-0.2, -0.15) is 4.80 Å². The van der Waals surface area contributed by atoms with Gasteiger partial charge in [-0.25, -0.2) is 9.78 Å². The van der Waals surface area contributed by atoms with Crippen molar-refractivity contribution in [3.8, 4) is 11.4 Å². The van der Waals surface area contributed by atoms with Crippen molar-refractivity contribution in [2.75, 3.05) is 0 Å². The van der Waals surface area contributed by atoms with E-state index < -0.39 is 0 Å². The maximum Gasteiger partial charge on any atom is 0.327 e. The number of aromatic nitrogens is 7. The summed E-state index contributed by atoms with van der Waals surface area (Å²) in [6.07, 6.45) is 3.13. The van der Waals surface area contributed by atoms with Gasteiger partial charge >= 0.3 is 5.69 Å². The molecule has 0 amide bonds. The van der Waals surface area contributed by atoms with Crippen molar-refractivity contribution >= 4 is 22.8 Å². The van der Waals surface area contributed by atoms with Crippen molar-refractivity contribution < 1.29 is 0 Å². The number of rotatable bonds is 4. The number of tetrazole rings is 1. The van der Waals surface area contributed by atoms with Crippen LogP contribution in [0.2, 0.25) is 5.02 Å². The first kappa shape index (κ1) is 14.7. The highest BCUT2D eigenvalue weighted by Gasteiger charge is 2.23. The van der Waals surface area contributed by atoms with Crippen molar-refractivity contribution in [1.29, 1.82) is 0 Å². The Hall–Kier alpha value is -2.22. The first-order chi connectivity index (χ1) is 10.6. The lowest BCUT2D eigenvalue weighted by atomic mass is 10.1. The molecule has 0 atom stereocenters. The molecule has 116 valence electrons. The van der Waals surface area contributed by atoms with Crippen LogP contribution in [0.1, 0.15) is 32.7 Å². The number of imidazole rings is 1. The Morgan fingerprint density at radius 3 is 2.68 bits per heavy atom. The van der Waals surface area contributed by atoms with Gasteiger partial charge < -0.3 is 0 Å². The van der Waals surface area contributed by atoms with E-state index in [0.717, 1.165) is 12.8 Å². The summed E-state index contributed by atoms with van der Waals surface area (Å²) in [5.74, 6) is 0.374. The summed E-state index contributed by atoms with van der Waals surface area (Å²) in [6, 6.07) is 0.0527. The Morgan fingerprint density at radius 1 is 1.36 bits per heavy atom. The Bertz CT molecular complexity index is 874. The van der Waals surface area contributed by atoms with Crippen LogP contribution in [0, 0.1) is 0 Å². The largest absolute Gasteiger partial charge is 0.327 e. The number of aryl methyl sites for hydroxylation is 1. The van der Waals surface area contributed by atoms with Gasteiger partial charge in [-0.15, -0.1) is 10.2 Å². The van der Waals surface area contributed by atoms with Crippen LogP contribution in [0.25, 0.3) is 22.6 Å². The van der Waals surface area contributed by atoms with Gasteiger partial charge in [0.25, 0.3) is 0 Å². The SMILES string of the molecule is CCC(CC)n1c(=O)[nH]c2ncc(Cl)c(-c3nnn(C)n3)c21. The monoisotopic (exact) mass is 321 g/mol. The van der Waals surface area contributed by atoms with E-state index in [-0.39, 0.29) is 11.7 Å². The zero-order valence-electron chi connectivity index (χ0n) is 12.5. The maximum absolute atomic E-state index is 12.4. The van der Waals surface area contributed by atoms with Crippen LogP contribution < -0.4 is 5.69 Å². The molecule has 3 rings (SSSR count). The number of hydrogen-bond donors (Lipinski definition) is 1. The molecule has 3 heterocycles. The second kappa shape index (κ2) is 5.53. The molecular weight excluding hydrogens is 306 g/mol. The number of H-pyrrole nitrogens is 1. The summed E-state index contributed by atoms with van der Waals surface area (Å²) in [5.41, 5.74) is 1.47. The van der Waals surface area contributed by atoms with Crippen molar-refractivity contribution in [3.63, 3.8) is 0 Å². The number of halogens is 1. The summed E-state index contributed by atoms with van der Waals surface area (Å²) < 4.78 is 1.69. The minimum absolute atomic E-state index is 0.0527. The summed E-state index contributed by atoms with van der Waals surface area (Å²) >= 11 is 6.31. The van der Waals surface area contributed by atoms with Crippen LogP contribution in [0.5, 0.6) is 0 Å². The van der Waals surface area contributed by atoms with E-state index in [2.05, 4.69) is 25.4 Å². The molecular formula is C13H16ClN7O. The fourth-order valence-corrected chi connectivity index (χ4v) is 2.89. The van der Waals surface area contributed by atoms with Crippen molar-refractivity contribution in [2.45, 2.75) is 32.7 Å². The van der Waals surface area contributed by atoms with Crippen LogP contribution in [0.15, 0.2) is 11.0 Å². The smallest absolute Gasteiger partial charge is 0.290 e. The average Bonchev–Trinajstić information content (AvgIpc) is 3.05. The molecule has 0 unspecified atom stereocenters. The molecule has 3 aromatic rings. The standard InChI is InChI=1S/C13H16ClN7O/c1-4-7(5-2)21-10-9(11-17-19-20(3)18-11)8(14)6-15-12(10)16-13(21)22/h6-7H,4-5H2,1-3H3,(H,15,16,22). The Kier molecular flexibility index (Phi) is 3.69. The van der Waals surface area contributed by atoms with Crippen molar-refractivity contribution in [3.05, 3.63) is 21.7 Å². The first-order valence-corrected chi connectivity index (χ1v) is 7.47. The minimum atomic E-state index is -0.205. The van der Waals surface area contributed by atoms with Crippen LogP contribution in [-0.4, -0.2) is 34.7 Å². The lowest BCUT2D eigenvalue weighted by Gasteiger charge is -2.15. The Labute approximate surface area is 131 Å². The van der Waals surface area contributed by atoms with Gasteiger partial charge in [0.15, 0.2) is 5.65 Å². The molecule has 0 saturated heterocycles. The van der Waals surface area contributed by atoms with E-state index in [1.807, 2.05) is 13.8 Å². The predicted molar refractivity (Wildman–Crippen MR) is 82.8 cm³/mol. The molecule has 0 bridgehead atoms. The van der Waals surface area contributed by atoms with Gasteiger partial charge in [-0.3, -0.25) is 9.55 Å². The molecule has 0 aliphatic carbocycles. The molecule has 1 N–H and O–H groups in total. The quantitative estimate of drug-likeness (QED) is 0.792. The number of fused-ring (bicyclic) bond motifs is 1. The van der Waals surface area contributed by atoms with E-state index in [1.54, 1.807) is 11.6 Å². The molecule has 22 heavy (non-hydrogen) atoms. The summed E-state index contributed by atoms with van der Waals surface area (Å²) in [5, 5.41) is 12.5. The van der Waals surface area contributed by atoms with Crippen molar-refractivity contribution in [1.82, 2.24) is 34.7 Å². The highest BCUT2D eigenvalue weighted by molar-refractivity contribution is 6.34. The molecule has 8 nitrogen and oxygen atoms in total. The van der Waals surface area contributed by atoms with Gasteiger partial charge in [0.1, 0.15) is 5.52 Å². The average molecular weight is 322 g/mol. The number of aromatic amines is 1. The summed E-state index contributed by atoms with van der Waals surface area (Å²) in [7, 11) is 1.67. The van der Waals surface area contributed by atoms with Gasteiger partial charge in [-0.05, 0) is 18.1 Å². The third kappa shape index (κ3) is 2.19. The van der Waals surface area contributed by atoms with E-state index in [1.165, 1.54) is 11.0 Å². The predicted octanol–water partition coefficient (Wildman–Crippen LogP) is 1.93. The molecule has 0 radical (unpaired) electrons. The lowest BCUT2D eigenvalue weighted by molar-refractivity contribution is 0.471. The fraction of sp³-hybridized carbons (Fsp3) is 0.462. The van der Waals surface area contributed by atoms with E-state index in [0.29, 0.717) is 27.6 Å². The molecule has 0 saturated carbocycles. The molecule has 0 aromatic carbocycles. The highest BCUT2D eigenvalue weighted by atomic mass is 35.5. The van der Waals surface area contributed by atoms with Crippen LogP contribution in [0.3, 0.4) is 0 Å². The van der Waals surface area contributed by atoms with Crippen LogP contribution in [0.4, 0.5) is 0 Å². The molecule has 9 heteroatoms. The first-order valence-electron chi connectivity index (χ1n) is 7.09. The number of nitrogens with zero attached hydrogens (tertiary/aromatic N) is 6. The molecule has 0 spiro atoms. The molecule has 3 aromatic heterocycles. The second-order valence-electron chi connectivity index (χ2n) is 5.05. The third-order valence-corrected chi connectivity index (χ3v) is 4.02. The minimum Gasteiger partial charge on any atom is -0.290 e. The molecule has 0 aliphatic heterocycles. The van der Waals surface area contributed by atoms with Crippen molar-refractivity contribution in [2.24, 2.45) is 7.05 Å². The maximum atomic E-state index is 12.4. The van der Waals surface area contributed by atoms with E-state index in [4.69, 9.17) is 11.6 Å². The van der Waals surface area contributed by atoms with Gasteiger partial charge in [0, 0.05) is 12.2 Å². The Balaban J connectivity index is 2.40. The van der Waals surface area contributed by atoms with E-state index >= 15 is 0 Å². The summed E-state index contributed by atoms with van der Waals surface area (Å²) in [4.78, 5) is 20.7. The fourth-order valence-electron chi connectivity index (χ4n) is 2.67. The van der Waals surface area contributed by atoms with E-state index in [9.17, 15) is 4.79 Å². The van der Waals surface area contributed by atoms with Gasteiger partial charge in [-0.1, -0.05) is 25.4 Å². The number of hydrogen-bond acceptors (Lipinski definition) is 5. The third-order valence-electron chi connectivity index (χ3n) is 3.73. The number of pyridine rings is 1. The Morgan fingerprint density at radius 2 is 2.09 bits per heavy atom. The lowest BCUT2D eigenvalue weighted by Crippen LogP contribution is -2.21. The van der Waals surface area contributed by atoms with Gasteiger partial charge in [0.05, 0.1) is 17.6 Å².